The molecule has 24 heavy (non-hydrogen) atoms. The molecule has 126 valence electrons. The van der Waals surface area contributed by atoms with Gasteiger partial charge in [0.15, 0.2) is 0 Å². The molecule has 4 unspecified atom stereocenters. The van der Waals surface area contributed by atoms with E-state index in [4.69, 9.17) is 5.11 Å². The molecule has 0 aliphatic heterocycles. The Balaban J connectivity index is 1.89. The maximum absolute atomic E-state index is 13.1. The van der Waals surface area contributed by atoms with Crippen molar-refractivity contribution in [2.45, 2.75) is 12.8 Å². The molecule has 1 saturated carbocycles. The van der Waals surface area contributed by atoms with Gasteiger partial charge in [0.25, 0.3) is 0 Å². The van der Waals surface area contributed by atoms with Crippen LogP contribution >= 0.6 is 0 Å². The maximum atomic E-state index is 13.1. The van der Waals surface area contributed by atoms with E-state index >= 15 is 0 Å². The van der Waals surface area contributed by atoms with E-state index in [2.05, 4.69) is 0 Å². The van der Waals surface area contributed by atoms with E-state index < -0.39 is 23.8 Å². The summed E-state index contributed by atoms with van der Waals surface area (Å²) in [6.45, 7) is 0.0299. The highest BCUT2D eigenvalue weighted by atomic mass is 16.4. The summed E-state index contributed by atoms with van der Waals surface area (Å²) in [6.07, 6.45) is 4.30. The molecule has 1 fully saturated rings. The van der Waals surface area contributed by atoms with Crippen molar-refractivity contribution in [1.82, 2.24) is 0 Å². The van der Waals surface area contributed by atoms with Crippen molar-refractivity contribution < 1.29 is 24.6 Å². The van der Waals surface area contributed by atoms with Crippen LogP contribution in [0.1, 0.15) is 12.8 Å². The van der Waals surface area contributed by atoms with Crippen molar-refractivity contribution in [2.75, 3.05) is 11.4 Å². The lowest BCUT2D eigenvalue weighted by atomic mass is 9.82. The third-order valence-electron chi connectivity index (χ3n) is 4.91. The van der Waals surface area contributed by atoms with Gasteiger partial charge in [0, 0.05) is 12.2 Å². The van der Waals surface area contributed by atoms with Crippen LogP contribution in [0, 0.1) is 23.7 Å². The summed E-state index contributed by atoms with van der Waals surface area (Å²) in [7, 11) is 0. The van der Waals surface area contributed by atoms with Gasteiger partial charge in [-0.25, -0.2) is 0 Å². The molecule has 0 heterocycles. The van der Waals surface area contributed by atoms with Crippen LogP contribution in [0.5, 0.6) is 0 Å². The minimum absolute atomic E-state index is 0.0299. The Kier molecular flexibility index (Phi) is 4.38. The van der Waals surface area contributed by atoms with Gasteiger partial charge < -0.3 is 15.1 Å². The quantitative estimate of drug-likeness (QED) is 0.779. The molecule has 6 heteroatoms. The van der Waals surface area contributed by atoms with E-state index in [1.807, 2.05) is 18.2 Å². The van der Waals surface area contributed by atoms with Crippen LogP contribution in [-0.4, -0.2) is 34.6 Å². The van der Waals surface area contributed by atoms with E-state index in [9.17, 15) is 19.5 Å². The van der Waals surface area contributed by atoms with Gasteiger partial charge in [0.1, 0.15) is 0 Å². The Bertz CT molecular complexity index is 684. The van der Waals surface area contributed by atoms with Gasteiger partial charge in [-0.1, -0.05) is 30.4 Å². The van der Waals surface area contributed by atoms with Crippen LogP contribution in [0.3, 0.4) is 0 Å². The summed E-state index contributed by atoms with van der Waals surface area (Å²) in [4.78, 5) is 37.1. The number of nitrogens with zero attached hydrogens (tertiary/aromatic N) is 1. The molecule has 3 rings (SSSR count). The van der Waals surface area contributed by atoms with Crippen LogP contribution in [0.2, 0.25) is 0 Å². The number of carboxylic acid groups (broad SMARTS) is 2. The first-order chi connectivity index (χ1) is 11.5. The van der Waals surface area contributed by atoms with Crippen LogP contribution in [-0.2, 0) is 14.4 Å². The molecule has 1 amide bonds. The summed E-state index contributed by atoms with van der Waals surface area (Å²) in [5, 5.41) is 18.5. The molecular weight excluding hydrogens is 310 g/mol. The number of carbonyl (C=O) groups excluding carboxylic acids is 1. The van der Waals surface area contributed by atoms with Crippen LogP contribution in [0.15, 0.2) is 42.5 Å². The number of para-hydroxylation sites is 1. The van der Waals surface area contributed by atoms with Gasteiger partial charge in [-0.2, -0.15) is 0 Å². The standard InChI is InChI=1S/C18H19NO5/c20-14(21)8-9-19(13-4-2-1-3-5-13)17(22)15-11-6-7-12(10-11)16(15)18(23)24/h1-7,11-12,15-16H,8-10H2,(H,20,21)(H,23,24). The normalized spacial score (nSPS) is 27.2. The lowest BCUT2D eigenvalue weighted by Gasteiger charge is -2.30. The number of anilines is 1. The second-order valence-corrected chi connectivity index (χ2v) is 6.31. The first kappa shape index (κ1) is 16.2. The molecule has 1 aromatic carbocycles. The summed E-state index contributed by atoms with van der Waals surface area (Å²) in [5.74, 6) is -3.82. The van der Waals surface area contributed by atoms with Crippen molar-refractivity contribution in [3.05, 3.63) is 42.5 Å². The number of hydrogen-bond donors (Lipinski definition) is 2. The van der Waals surface area contributed by atoms with Crippen molar-refractivity contribution in [3.8, 4) is 0 Å². The summed E-state index contributed by atoms with van der Waals surface area (Å²) in [5.41, 5.74) is 0.597. The number of allylic oxidation sites excluding steroid dienone is 2. The second kappa shape index (κ2) is 6.47. The van der Waals surface area contributed by atoms with Gasteiger partial charge in [0.05, 0.1) is 18.3 Å². The molecule has 4 atom stereocenters. The Hall–Kier alpha value is -2.63. The van der Waals surface area contributed by atoms with E-state index in [1.54, 1.807) is 24.3 Å². The monoisotopic (exact) mass is 329 g/mol. The zero-order valence-corrected chi connectivity index (χ0v) is 13.0. The van der Waals surface area contributed by atoms with Gasteiger partial charge in [-0.05, 0) is 30.4 Å². The van der Waals surface area contributed by atoms with Gasteiger partial charge in [0.2, 0.25) is 5.91 Å². The molecule has 2 bridgehead atoms. The predicted octanol–water partition coefficient (Wildman–Crippen LogP) is 2.02. The maximum Gasteiger partial charge on any atom is 0.307 e. The molecule has 0 radical (unpaired) electrons. The van der Waals surface area contributed by atoms with E-state index in [-0.39, 0.29) is 30.7 Å². The fourth-order valence-electron chi connectivity index (χ4n) is 3.86. The fourth-order valence-corrected chi connectivity index (χ4v) is 3.86. The van der Waals surface area contributed by atoms with Crippen molar-refractivity contribution in [3.63, 3.8) is 0 Å². The molecule has 2 aliphatic carbocycles. The lowest BCUT2D eigenvalue weighted by Crippen LogP contribution is -2.44. The van der Waals surface area contributed by atoms with Crippen molar-refractivity contribution in [2.24, 2.45) is 23.7 Å². The Morgan fingerprint density at radius 1 is 1.00 bits per heavy atom. The highest BCUT2D eigenvalue weighted by Crippen LogP contribution is 2.49. The molecular formula is C18H19NO5. The third kappa shape index (κ3) is 2.91. The number of carboxylic acids is 2. The van der Waals surface area contributed by atoms with Crippen LogP contribution in [0.4, 0.5) is 5.69 Å². The van der Waals surface area contributed by atoms with Crippen LogP contribution < -0.4 is 4.90 Å². The van der Waals surface area contributed by atoms with Gasteiger partial charge in [-0.3, -0.25) is 14.4 Å². The summed E-state index contributed by atoms with van der Waals surface area (Å²) in [6, 6.07) is 8.82. The molecule has 6 nitrogen and oxygen atoms in total. The number of hydrogen-bond acceptors (Lipinski definition) is 3. The Morgan fingerprint density at radius 3 is 2.21 bits per heavy atom. The first-order valence-corrected chi connectivity index (χ1v) is 7.98. The predicted molar refractivity (Wildman–Crippen MR) is 86.4 cm³/mol. The number of fused-ring (bicyclic) bond motifs is 2. The fraction of sp³-hybridized carbons (Fsp3) is 0.389. The number of amides is 1. The summed E-state index contributed by atoms with van der Waals surface area (Å²) >= 11 is 0. The minimum Gasteiger partial charge on any atom is -0.481 e. The highest BCUT2D eigenvalue weighted by molar-refractivity contribution is 5.98. The largest absolute Gasteiger partial charge is 0.481 e. The molecule has 1 aromatic rings. The van der Waals surface area contributed by atoms with E-state index in [0.717, 1.165) is 0 Å². The SMILES string of the molecule is O=C(O)CCN(C(=O)C1C2C=CC(C2)C1C(=O)O)c1ccccc1. The van der Waals surface area contributed by atoms with Crippen LogP contribution in [0.25, 0.3) is 0 Å². The van der Waals surface area contributed by atoms with Crippen molar-refractivity contribution >= 4 is 23.5 Å². The minimum atomic E-state index is -0.994. The number of benzene rings is 1. The zero-order chi connectivity index (χ0) is 17.3. The first-order valence-electron chi connectivity index (χ1n) is 7.98. The molecule has 0 saturated heterocycles. The van der Waals surface area contributed by atoms with Gasteiger partial charge in [-0.15, -0.1) is 0 Å². The average Bonchev–Trinajstić information content (AvgIpc) is 3.16. The Morgan fingerprint density at radius 2 is 1.62 bits per heavy atom. The molecule has 2 N–H and O–H groups in total. The second-order valence-electron chi connectivity index (χ2n) is 6.31. The number of aliphatic carboxylic acids is 2. The molecule has 0 spiro atoms. The van der Waals surface area contributed by atoms with E-state index in [0.29, 0.717) is 12.1 Å². The zero-order valence-electron chi connectivity index (χ0n) is 13.0. The lowest BCUT2D eigenvalue weighted by molar-refractivity contribution is -0.147. The van der Waals surface area contributed by atoms with E-state index in [1.165, 1.54) is 4.90 Å². The topological polar surface area (TPSA) is 94.9 Å². The average molecular weight is 329 g/mol. The summed E-state index contributed by atoms with van der Waals surface area (Å²) < 4.78 is 0. The highest BCUT2D eigenvalue weighted by Gasteiger charge is 2.52. The van der Waals surface area contributed by atoms with Crippen molar-refractivity contribution in [1.29, 1.82) is 0 Å². The third-order valence-corrected chi connectivity index (χ3v) is 4.91. The smallest absolute Gasteiger partial charge is 0.307 e. The van der Waals surface area contributed by atoms with Gasteiger partial charge >= 0.3 is 11.9 Å². The molecule has 2 aliphatic rings. The number of carbonyl (C=O) groups is 3. The Labute approximate surface area is 139 Å². The number of rotatable bonds is 6. The molecule has 0 aromatic heterocycles.